The molecule has 0 radical (unpaired) electrons. The number of carbonyl (C=O) groups excluding carboxylic acids is 1. The second-order valence-corrected chi connectivity index (χ2v) is 8.26. The lowest BCUT2D eigenvalue weighted by molar-refractivity contribution is -0.138. The van der Waals surface area contributed by atoms with E-state index in [9.17, 15) is 26.4 Å². The van der Waals surface area contributed by atoms with Gasteiger partial charge in [0, 0.05) is 12.6 Å². The highest BCUT2D eigenvalue weighted by Crippen LogP contribution is 2.32. The van der Waals surface area contributed by atoms with E-state index < -0.39 is 15.6 Å². The largest absolute Gasteiger partial charge is 0.534 e. The van der Waals surface area contributed by atoms with E-state index in [1.807, 2.05) is 34.6 Å². The Balaban J connectivity index is 0. The lowest BCUT2D eigenvalue weighted by Crippen LogP contribution is -2.29. The predicted octanol–water partition coefficient (Wildman–Crippen LogP) is 3.48. The summed E-state index contributed by atoms with van der Waals surface area (Å²) in [5.74, 6) is -0.325. The molecule has 0 saturated carbocycles. The first kappa shape index (κ1) is 30.4. The lowest BCUT2D eigenvalue weighted by atomic mass is 10.1. The summed E-state index contributed by atoms with van der Waals surface area (Å²) in [7, 11) is -2.78. The van der Waals surface area contributed by atoms with Crippen LogP contribution in [-0.4, -0.2) is 42.8 Å². The molecule has 0 atom stereocenters. The van der Waals surface area contributed by atoms with Crippen molar-refractivity contribution < 1.29 is 35.3 Å². The molecular weight excluding hydrogens is 427 g/mol. The Hall–Kier alpha value is -1.82. The van der Waals surface area contributed by atoms with Gasteiger partial charge in [-0.1, -0.05) is 20.3 Å². The van der Waals surface area contributed by atoms with Gasteiger partial charge in [0.15, 0.2) is 0 Å². The van der Waals surface area contributed by atoms with Crippen LogP contribution in [0.25, 0.3) is 0 Å². The minimum absolute atomic E-state index is 0.318. The fraction of sp³-hybridized carbons (Fsp3) is 0.778. The zero-order valence-corrected chi connectivity index (χ0v) is 19.5. The van der Waals surface area contributed by atoms with Gasteiger partial charge in [-0.05, 0) is 53.5 Å². The second kappa shape index (κ2) is 13.5. The van der Waals surface area contributed by atoms with Crippen LogP contribution in [0.15, 0.2) is 0 Å². The highest BCUT2D eigenvalue weighted by Gasteiger charge is 2.49. The molecule has 1 aromatic heterocycles. The summed E-state index contributed by atoms with van der Waals surface area (Å²) >= 11 is 0. The van der Waals surface area contributed by atoms with Gasteiger partial charge in [-0.15, -0.1) is 0 Å². The average molecular weight is 462 g/mol. The molecule has 0 bridgehead atoms. The zero-order valence-electron chi connectivity index (χ0n) is 18.7. The Morgan fingerprint density at radius 2 is 1.57 bits per heavy atom. The van der Waals surface area contributed by atoms with Crippen LogP contribution in [0.1, 0.15) is 65.1 Å². The van der Waals surface area contributed by atoms with Crippen molar-refractivity contribution in [2.45, 2.75) is 77.8 Å². The van der Waals surface area contributed by atoms with Crippen molar-refractivity contribution in [1.29, 1.82) is 0 Å². The van der Waals surface area contributed by atoms with Gasteiger partial charge in [-0.25, -0.2) is 4.68 Å². The van der Waals surface area contributed by atoms with Gasteiger partial charge in [0.2, 0.25) is 5.88 Å². The molecule has 0 aromatic carbocycles. The van der Waals surface area contributed by atoms with E-state index in [0.29, 0.717) is 30.6 Å². The molecular formula is C18H34F3N3O5S. The maximum Gasteiger partial charge on any atom is 0.534 e. The van der Waals surface area contributed by atoms with E-state index in [2.05, 4.69) is 19.8 Å². The third-order valence-electron chi connectivity index (χ3n) is 3.39. The van der Waals surface area contributed by atoms with E-state index in [-0.39, 0.29) is 11.5 Å². The Morgan fingerprint density at radius 1 is 1.07 bits per heavy atom. The van der Waals surface area contributed by atoms with Gasteiger partial charge in [0.1, 0.15) is 5.60 Å². The maximum absolute atomic E-state index is 12.3. The Bertz CT molecular complexity index is 727. The number of fused-ring (bicyclic) bond motifs is 1. The van der Waals surface area contributed by atoms with Gasteiger partial charge in [-0.2, -0.15) is 26.7 Å². The van der Waals surface area contributed by atoms with E-state index >= 15 is 0 Å². The number of aromatic nitrogens is 2. The van der Waals surface area contributed by atoms with Crippen molar-refractivity contribution in [3.8, 4) is 5.88 Å². The van der Waals surface area contributed by atoms with Crippen molar-refractivity contribution in [3.63, 3.8) is 0 Å². The number of carbonyl (C=O) groups is 1. The molecule has 0 unspecified atom stereocenters. The van der Waals surface area contributed by atoms with Gasteiger partial charge in [-0.3, -0.25) is 4.79 Å². The van der Waals surface area contributed by atoms with Gasteiger partial charge in [0.25, 0.3) is 6.47 Å². The molecule has 1 heterocycles. The number of ether oxygens (including phenoxy) is 1. The number of alkyl halides is 3. The first-order chi connectivity index (χ1) is 13.8. The van der Waals surface area contributed by atoms with Crippen LogP contribution in [0.4, 0.5) is 13.2 Å². The van der Waals surface area contributed by atoms with Crippen LogP contribution in [0.3, 0.4) is 0 Å². The molecule has 2 N–H and O–H groups in total. The van der Waals surface area contributed by atoms with Gasteiger partial charge >= 0.3 is 15.6 Å². The number of nitrogens with two attached hydrogens (primary N) is 1. The van der Waals surface area contributed by atoms with Crippen LogP contribution in [0, 0.1) is 0 Å². The predicted molar refractivity (Wildman–Crippen MR) is 108 cm³/mol. The van der Waals surface area contributed by atoms with Crippen molar-refractivity contribution in [2.75, 3.05) is 7.05 Å². The molecule has 178 valence electrons. The molecule has 1 aliphatic rings. The molecule has 0 saturated heterocycles. The molecule has 2 rings (SSSR count). The summed E-state index contributed by atoms with van der Waals surface area (Å²) in [6.45, 7) is 9.92. The second-order valence-electron chi connectivity index (χ2n) is 6.72. The summed E-state index contributed by atoms with van der Waals surface area (Å²) in [5, 5.41) is 4.04. The van der Waals surface area contributed by atoms with Crippen LogP contribution in [0.2, 0.25) is 0 Å². The van der Waals surface area contributed by atoms with Crippen molar-refractivity contribution >= 4 is 16.6 Å². The number of hydrogen-bond donors (Lipinski definition) is 1. The van der Waals surface area contributed by atoms with Gasteiger partial charge < -0.3 is 14.7 Å². The third-order valence-corrected chi connectivity index (χ3v) is 4.33. The van der Waals surface area contributed by atoms with Crippen LogP contribution < -0.4 is 9.92 Å². The molecule has 0 fully saturated rings. The summed E-state index contributed by atoms with van der Waals surface area (Å²) in [4.78, 5) is 9.60. The van der Waals surface area contributed by atoms with E-state index in [4.69, 9.17) is 0 Å². The number of halogens is 3. The standard InChI is InChI=1S/C10H13F3N2O3S.C5H10O2.C2H6.CH5N/c1-15-9(18-19(16,17)10(11,12)13)7-5-3-2-4-6-8(7)14-15;1-5(2,3)7-4-6;2*1-2/h2-6H2,1H3;4H,1-3H3;1-2H3;2H2,1H3. The lowest BCUT2D eigenvalue weighted by Gasteiger charge is -2.14. The quantitative estimate of drug-likeness (QED) is 0.317. The Morgan fingerprint density at radius 3 is 1.97 bits per heavy atom. The third kappa shape index (κ3) is 10.3. The van der Waals surface area contributed by atoms with E-state index in [1.165, 1.54) is 14.1 Å². The monoisotopic (exact) mass is 461 g/mol. The number of nitrogens with zero attached hydrogens (tertiary/aromatic N) is 2. The van der Waals surface area contributed by atoms with Crippen molar-refractivity contribution in [3.05, 3.63) is 11.3 Å². The highest BCUT2D eigenvalue weighted by molar-refractivity contribution is 7.87. The topological polar surface area (TPSA) is 114 Å². The van der Waals surface area contributed by atoms with E-state index in [1.54, 1.807) is 0 Å². The number of rotatable bonds is 3. The summed E-state index contributed by atoms with van der Waals surface area (Å²) in [6, 6.07) is 0. The SMILES string of the molecule is CC.CC(C)(C)OC=O.CN.Cn1nc2c(c1OS(=O)(=O)C(F)(F)F)CCCCC2. The minimum atomic E-state index is -5.65. The van der Waals surface area contributed by atoms with Crippen molar-refractivity contribution in [1.82, 2.24) is 9.78 Å². The molecule has 12 heteroatoms. The number of aryl methyl sites for hydroxylation is 2. The summed E-state index contributed by atoms with van der Waals surface area (Å²) in [5.41, 5.74) is -0.170. The molecule has 0 spiro atoms. The van der Waals surface area contributed by atoms with Crippen LogP contribution >= 0.6 is 0 Å². The molecule has 1 aromatic rings. The summed E-state index contributed by atoms with van der Waals surface area (Å²) in [6.07, 6.45) is 3.70. The Kier molecular flexibility index (Phi) is 13.6. The highest BCUT2D eigenvalue weighted by atomic mass is 32.2. The minimum Gasteiger partial charge on any atom is -0.462 e. The molecule has 8 nitrogen and oxygen atoms in total. The molecule has 1 aliphatic carbocycles. The fourth-order valence-electron chi connectivity index (χ4n) is 2.23. The number of hydrogen-bond acceptors (Lipinski definition) is 7. The van der Waals surface area contributed by atoms with Crippen molar-refractivity contribution in [2.24, 2.45) is 12.8 Å². The smallest absolute Gasteiger partial charge is 0.462 e. The zero-order chi connectivity index (χ0) is 24.2. The molecule has 30 heavy (non-hydrogen) atoms. The van der Waals surface area contributed by atoms with E-state index in [0.717, 1.165) is 23.9 Å². The Labute approximate surface area is 177 Å². The fourth-order valence-corrected chi connectivity index (χ4v) is 2.74. The normalized spacial score (nSPS) is 13.6. The molecule has 0 aliphatic heterocycles. The first-order valence-electron chi connectivity index (χ1n) is 9.53. The summed E-state index contributed by atoms with van der Waals surface area (Å²) < 4.78 is 68.9. The van der Waals surface area contributed by atoms with Crippen LogP contribution in [0.5, 0.6) is 5.88 Å². The maximum atomic E-state index is 12.3. The first-order valence-corrected chi connectivity index (χ1v) is 10.9. The van der Waals surface area contributed by atoms with Gasteiger partial charge in [0.05, 0.1) is 5.69 Å². The van der Waals surface area contributed by atoms with Crippen LogP contribution in [-0.2, 0) is 39.5 Å². The molecule has 0 amide bonds. The average Bonchev–Trinajstić information content (AvgIpc) is 2.79.